The summed E-state index contributed by atoms with van der Waals surface area (Å²) in [5, 5.41) is 82.1. The molecule has 16 heteroatoms. The molecule has 2 spiro atoms. The van der Waals surface area contributed by atoms with Crippen LogP contribution in [0.15, 0.2) is 81.8 Å². The molecule has 1 amide bonds. The van der Waals surface area contributed by atoms with Gasteiger partial charge in [-0.05, 0) is 111 Å². The molecule has 10 atom stereocenters. The number of aliphatic hydroxyl groups excluding tert-OH is 4. The van der Waals surface area contributed by atoms with Gasteiger partial charge in [0.15, 0.2) is 16.8 Å². The van der Waals surface area contributed by atoms with E-state index in [2.05, 4.69) is 23.3 Å². The van der Waals surface area contributed by atoms with Crippen LogP contribution in [0.4, 0.5) is 0 Å². The Kier molecular flexibility index (Phi) is 11.7. The molecule has 0 radical (unpaired) electrons. The van der Waals surface area contributed by atoms with Gasteiger partial charge in [-0.2, -0.15) is 0 Å². The molecular weight excluding hydrogens is 899 g/mol. The number of aliphatic hydroxyl groups is 5. The van der Waals surface area contributed by atoms with Gasteiger partial charge in [0, 0.05) is 66.3 Å². The molecule has 5 aliphatic rings. The Morgan fingerprint density at radius 1 is 1.00 bits per heavy atom. The van der Waals surface area contributed by atoms with Crippen LogP contribution in [-0.4, -0.2) is 107 Å². The molecule has 3 aromatic heterocycles. The van der Waals surface area contributed by atoms with Crippen LogP contribution in [0.2, 0.25) is 0 Å². The molecule has 2 saturated carbocycles. The third-order valence-electron chi connectivity index (χ3n) is 16.9. The zero-order chi connectivity index (χ0) is 48.9. The number of rotatable bonds is 12. The standard InChI is InChI=1S/C54H61N3O13/c1-3-41-35-14-17-55-40(35)25-57(41)46-48-31(19-37-43(61)18-28(2)68-49(37)46)20-45(53(69-48)16-13-29-7-9-32-6-4-5-15-54(32)39(38(29)23-53)24-56-51(54)65)70-67-27-52(66,50(64)47(63)44(62)26-58)22-30-8-12-42(60)34-11-10-33(59)21-36(30)34/h8,10-14,17-19,21,25,32,38-39,44-45,47,50,55,58-60,62-64,66H,3-7,9,15-16,20,22-24,26-27H2,1-2H3,(H,56,65)/t32-,38+,39+,44-,45-,47-,50+,52+,53-,54+/m1/s1. The second kappa shape index (κ2) is 17.5. The first kappa shape index (κ1) is 46.7. The van der Waals surface area contributed by atoms with E-state index in [0.717, 1.165) is 55.1 Å². The third-order valence-corrected chi connectivity index (χ3v) is 16.9. The van der Waals surface area contributed by atoms with Crippen molar-refractivity contribution in [2.45, 2.75) is 120 Å². The molecule has 2 aliphatic heterocycles. The van der Waals surface area contributed by atoms with Crippen molar-refractivity contribution < 1.29 is 59.5 Å². The van der Waals surface area contributed by atoms with Crippen LogP contribution in [0.25, 0.3) is 38.3 Å². The number of carbonyl (C=O) groups excluding carboxylic acids is 1. The van der Waals surface area contributed by atoms with Crippen LogP contribution < -0.4 is 15.5 Å². The monoisotopic (exact) mass is 959 g/mol. The van der Waals surface area contributed by atoms with E-state index < -0.39 is 60.7 Å². The summed E-state index contributed by atoms with van der Waals surface area (Å²) in [6.07, 6.45) is 6.10. The van der Waals surface area contributed by atoms with Crippen molar-refractivity contribution in [3.05, 3.63) is 105 Å². The lowest BCUT2D eigenvalue weighted by Gasteiger charge is -2.50. The summed E-state index contributed by atoms with van der Waals surface area (Å²) >= 11 is 0. The Morgan fingerprint density at radius 2 is 1.84 bits per heavy atom. The second-order valence-corrected chi connectivity index (χ2v) is 20.7. The van der Waals surface area contributed by atoms with Gasteiger partial charge in [0.05, 0.1) is 22.9 Å². The third kappa shape index (κ3) is 7.36. The molecular formula is C54H61N3O13. The number of aryl methyl sites for hydroxylation is 2. The van der Waals surface area contributed by atoms with E-state index >= 15 is 0 Å². The number of phenols is 2. The van der Waals surface area contributed by atoms with Gasteiger partial charge in [-0.15, -0.1) is 0 Å². The van der Waals surface area contributed by atoms with E-state index in [1.165, 1.54) is 42.0 Å². The maximum absolute atomic E-state index is 14.2. The number of aromatic amines is 1. The predicted octanol–water partition coefficient (Wildman–Crippen LogP) is 5.59. The van der Waals surface area contributed by atoms with Crippen molar-refractivity contribution in [3.8, 4) is 22.9 Å². The Balaban J connectivity index is 1.03. The minimum Gasteiger partial charge on any atom is -0.508 e. The number of aromatic nitrogens is 2. The molecule has 11 rings (SSSR count). The predicted molar refractivity (Wildman–Crippen MR) is 258 cm³/mol. The first-order chi connectivity index (χ1) is 33.7. The Morgan fingerprint density at radius 3 is 2.66 bits per heavy atom. The smallest absolute Gasteiger partial charge is 0.226 e. The van der Waals surface area contributed by atoms with Crippen molar-refractivity contribution in [3.63, 3.8) is 0 Å². The lowest BCUT2D eigenvalue weighted by atomic mass is 9.56. The maximum Gasteiger partial charge on any atom is 0.226 e. The molecule has 1 saturated heterocycles. The van der Waals surface area contributed by atoms with Gasteiger partial charge >= 0.3 is 0 Å². The number of ether oxygens (including phenoxy) is 1. The summed E-state index contributed by atoms with van der Waals surface area (Å²) in [6.45, 7) is 2.66. The minimum atomic E-state index is -2.42. The lowest BCUT2D eigenvalue weighted by molar-refractivity contribution is -0.373. The van der Waals surface area contributed by atoms with Gasteiger partial charge in [-0.25, -0.2) is 9.78 Å². The van der Waals surface area contributed by atoms with Crippen LogP contribution in [0.3, 0.4) is 0 Å². The fraction of sp³-hybridized carbons (Fsp3) is 0.481. The Bertz CT molecular complexity index is 3120. The number of H-pyrrole nitrogens is 1. The number of aromatic hydroxyl groups is 2. The number of nitrogens with zero attached hydrogens (tertiary/aromatic N) is 1. The van der Waals surface area contributed by atoms with Gasteiger partial charge in [0.2, 0.25) is 5.91 Å². The zero-order valence-corrected chi connectivity index (χ0v) is 39.3. The van der Waals surface area contributed by atoms with Gasteiger partial charge < -0.3 is 59.8 Å². The summed E-state index contributed by atoms with van der Waals surface area (Å²) in [5.41, 5.74) is 0.780. The highest BCUT2D eigenvalue weighted by molar-refractivity contribution is 5.93. The van der Waals surface area contributed by atoms with Gasteiger partial charge in [0.25, 0.3) is 0 Å². The number of carbonyl (C=O) groups is 1. The Labute approximate surface area is 403 Å². The molecule has 3 aromatic carbocycles. The second-order valence-electron chi connectivity index (χ2n) is 20.7. The summed E-state index contributed by atoms with van der Waals surface area (Å²) in [5.74, 6) is 1.05. The van der Waals surface area contributed by atoms with Crippen molar-refractivity contribution in [1.82, 2.24) is 14.9 Å². The maximum atomic E-state index is 14.2. The molecule has 9 N–H and O–H groups in total. The van der Waals surface area contributed by atoms with Crippen LogP contribution in [0.1, 0.15) is 80.9 Å². The SMILES string of the molecule is CCc1c2cc[nH]c2cn1-c1c2c(cc3c(=O)cc(C)oc13)C[C@@H](OOC[C@@](O)(Cc1ccc(O)c3ccc(O)cc13)[C@@H](O)[C@H](O)[C@H](O)CO)[C@]1(CC=C3CC[C@H]4CCCC[C@]45C(=O)NC[C@H]5[C@H]3C1)O2. The highest BCUT2D eigenvalue weighted by atomic mass is 17.2. The highest BCUT2D eigenvalue weighted by Gasteiger charge is 2.62. The fourth-order valence-electron chi connectivity index (χ4n) is 13.4. The highest BCUT2D eigenvalue weighted by Crippen LogP contribution is 2.61. The number of allylic oxidation sites excluding steroid dienone is 1. The molecule has 0 bridgehead atoms. The molecule has 16 nitrogen and oxygen atoms in total. The van der Waals surface area contributed by atoms with E-state index in [9.17, 15) is 45.3 Å². The first-order valence-corrected chi connectivity index (χ1v) is 24.7. The lowest BCUT2D eigenvalue weighted by Crippen LogP contribution is -2.59. The number of nitrogens with one attached hydrogen (secondary N) is 2. The molecule has 3 fully saturated rings. The van der Waals surface area contributed by atoms with Crippen LogP contribution >= 0.6 is 0 Å². The first-order valence-electron chi connectivity index (χ1n) is 24.7. The van der Waals surface area contributed by atoms with Crippen LogP contribution in [-0.2, 0) is 33.8 Å². The van der Waals surface area contributed by atoms with Crippen molar-refractivity contribution in [2.75, 3.05) is 19.8 Å². The normalized spacial score (nSPS) is 27.4. The van der Waals surface area contributed by atoms with E-state index in [1.54, 1.807) is 13.0 Å². The van der Waals surface area contributed by atoms with Gasteiger partial charge in [-0.3, -0.25) is 9.59 Å². The number of benzene rings is 3. The average molecular weight is 960 g/mol. The topological polar surface area (TPSA) is 249 Å². The largest absolute Gasteiger partial charge is 0.508 e. The number of hydrogen-bond acceptors (Lipinski definition) is 13. The van der Waals surface area contributed by atoms with E-state index in [0.29, 0.717) is 75.9 Å². The number of amides is 1. The van der Waals surface area contributed by atoms with Crippen molar-refractivity contribution in [1.29, 1.82) is 0 Å². The number of phenolic OH excluding ortho intramolecular Hbond substituents is 2. The zero-order valence-electron chi connectivity index (χ0n) is 39.3. The number of fused-ring (bicyclic) bond motifs is 6. The summed E-state index contributed by atoms with van der Waals surface area (Å²) in [4.78, 5) is 44.1. The fourth-order valence-corrected chi connectivity index (χ4v) is 13.4. The van der Waals surface area contributed by atoms with E-state index in [1.807, 2.05) is 23.0 Å². The molecule has 0 unspecified atom stereocenters. The van der Waals surface area contributed by atoms with Crippen molar-refractivity contribution in [2.24, 2.45) is 23.2 Å². The Hall–Kier alpha value is -5.72. The molecule has 6 aromatic rings. The number of hydrogen-bond donors (Lipinski definition) is 9. The van der Waals surface area contributed by atoms with Crippen LogP contribution in [0.5, 0.6) is 17.2 Å². The van der Waals surface area contributed by atoms with Gasteiger partial charge in [0.1, 0.15) is 65.2 Å². The quantitative estimate of drug-likeness (QED) is 0.0413. The van der Waals surface area contributed by atoms with E-state index in [4.69, 9.17) is 18.9 Å². The average Bonchev–Trinajstić information content (AvgIpc) is 4.02. The summed E-state index contributed by atoms with van der Waals surface area (Å²) in [6, 6.07) is 12.5. The molecule has 370 valence electrons. The molecule has 5 heterocycles. The summed E-state index contributed by atoms with van der Waals surface area (Å²) in [7, 11) is 0. The van der Waals surface area contributed by atoms with Crippen molar-refractivity contribution >= 4 is 38.6 Å². The van der Waals surface area contributed by atoms with Crippen LogP contribution in [0, 0.1) is 30.1 Å². The molecule has 70 heavy (non-hydrogen) atoms. The summed E-state index contributed by atoms with van der Waals surface area (Å²) < 4.78 is 16.1. The van der Waals surface area contributed by atoms with E-state index in [-0.39, 0.29) is 47.0 Å². The minimum absolute atomic E-state index is 0.00392. The van der Waals surface area contributed by atoms with Gasteiger partial charge in [-0.1, -0.05) is 37.5 Å². The molecule has 3 aliphatic carbocycles.